The number of nitrogens with two attached hydrogens (primary N) is 1. The number of hydrogen-bond donors (Lipinski definition) is 2. The van der Waals surface area contributed by atoms with E-state index in [4.69, 9.17) is 5.73 Å². The van der Waals surface area contributed by atoms with Crippen molar-refractivity contribution >= 4 is 5.82 Å². The van der Waals surface area contributed by atoms with Crippen LogP contribution in [0.1, 0.15) is 35.8 Å². The van der Waals surface area contributed by atoms with Crippen molar-refractivity contribution in [1.29, 1.82) is 0 Å². The van der Waals surface area contributed by atoms with Crippen LogP contribution in [0.3, 0.4) is 0 Å². The quantitative estimate of drug-likeness (QED) is 0.704. The molecule has 4 heteroatoms. The second-order valence-corrected chi connectivity index (χ2v) is 4.44. The zero-order chi connectivity index (χ0) is 10.3. The summed E-state index contributed by atoms with van der Waals surface area (Å²) < 4.78 is 0. The lowest BCUT2D eigenvalue weighted by Crippen LogP contribution is -2.13. The molecule has 4 nitrogen and oxygen atoms in total. The molecule has 1 fully saturated rings. The molecular weight excluding hydrogens is 188 g/mol. The van der Waals surface area contributed by atoms with Gasteiger partial charge in [-0.15, -0.1) is 0 Å². The average Bonchev–Trinajstić information content (AvgIpc) is 2.88. The zero-order valence-corrected chi connectivity index (χ0v) is 8.79. The monoisotopic (exact) mass is 204 g/mol. The Hall–Kier alpha value is -1.16. The maximum Gasteiger partial charge on any atom is 0.135 e. The fourth-order valence-electron chi connectivity index (χ4n) is 2.54. The maximum atomic E-state index is 5.97. The Morgan fingerprint density at radius 2 is 2.20 bits per heavy atom. The molecule has 1 aromatic rings. The van der Waals surface area contributed by atoms with Crippen molar-refractivity contribution in [2.45, 2.75) is 31.6 Å². The van der Waals surface area contributed by atoms with E-state index >= 15 is 0 Å². The molecule has 3 rings (SSSR count). The van der Waals surface area contributed by atoms with Crippen LogP contribution in [0.5, 0.6) is 0 Å². The molecule has 0 radical (unpaired) electrons. The molecule has 1 aromatic heterocycles. The minimum Gasteiger partial charge on any atom is -0.383 e. The molecule has 80 valence electrons. The highest BCUT2D eigenvalue weighted by atomic mass is 15.0. The first-order valence-corrected chi connectivity index (χ1v) is 5.70. The molecule has 0 bridgehead atoms. The van der Waals surface area contributed by atoms with E-state index in [0.717, 1.165) is 44.0 Å². The summed E-state index contributed by atoms with van der Waals surface area (Å²) in [5.41, 5.74) is 8.37. The highest BCUT2D eigenvalue weighted by Crippen LogP contribution is 2.27. The van der Waals surface area contributed by atoms with E-state index in [1.165, 1.54) is 17.7 Å². The lowest BCUT2D eigenvalue weighted by Gasteiger charge is -2.10. The largest absolute Gasteiger partial charge is 0.383 e. The highest BCUT2D eigenvalue weighted by molar-refractivity contribution is 5.45. The van der Waals surface area contributed by atoms with E-state index in [2.05, 4.69) is 15.3 Å². The fraction of sp³-hybridized carbons (Fsp3) is 0.636. The molecule has 15 heavy (non-hydrogen) atoms. The van der Waals surface area contributed by atoms with Crippen LogP contribution in [-0.2, 0) is 12.8 Å². The van der Waals surface area contributed by atoms with E-state index in [1.807, 2.05) is 0 Å². The predicted molar refractivity (Wildman–Crippen MR) is 58.7 cm³/mol. The van der Waals surface area contributed by atoms with Crippen molar-refractivity contribution in [3.63, 3.8) is 0 Å². The van der Waals surface area contributed by atoms with Crippen molar-refractivity contribution in [3.05, 3.63) is 17.1 Å². The van der Waals surface area contributed by atoms with Crippen LogP contribution in [0.4, 0.5) is 5.82 Å². The molecule has 1 atom stereocenters. The molecule has 1 unspecified atom stereocenters. The molecule has 1 saturated heterocycles. The third kappa shape index (κ3) is 1.49. The number of rotatable bonds is 1. The number of nitrogens with zero attached hydrogens (tertiary/aromatic N) is 2. The van der Waals surface area contributed by atoms with Crippen LogP contribution in [0.2, 0.25) is 0 Å². The van der Waals surface area contributed by atoms with Crippen molar-refractivity contribution in [2.24, 2.45) is 0 Å². The van der Waals surface area contributed by atoms with Gasteiger partial charge in [0.1, 0.15) is 11.6 Å². The Balaban J connectivity index is 1.99. The minimum absolute atomic E-state index is 0.471. The Kier molecular flexibility index (Phi) is 2.09. The van der Waals surface area contributed by atoms with Gasteiger partial charge in [-0.25, -0.2) is 9.97 Å². The number of fused-ring (bicyclic) bond motifs is 1. The van der Waals surface area contributed by atoms with Crippen molar-refractivity contribution in [2.75, 3.05) is 18.8 Å². The Bertz CT molecular complexity index is 382. The van der Waals surface area contributed by atoms with Crippen LogP contribution in [0, 0.1) is 0 Å². The second-order valence-electron chi connectivity index (χ2n) is 4.44. The van der Waals surface area contributed by atoms with Crippen LogP contribution >= 0.6 is 0 Å². The molecular formula is C11H16N4. The molecule has 3 N–H and O–H groups in total. The topological polar surface area (TPSA) is 63.8 Å². The van der Waals surface area contributed by atoms with Gasteiger partial charge in [0.15, 0.2) is 0 Å². The summed E-state index contributed by atoms with van der Waals surface area (Å²) >= 11 is 0. The van der Waals surface area contributed by atoms with Crippen LogP contribution < -0.4 is 11.1 Å². The number of aromatic nitrogens is 2. The van der Waals surface area contributed by atoms with E-state index < -0.39 is 0 Å². The van der Waals surface area contributed by atoms with Crippen molar-refractivity contribution < 1.29 is 0 Å². The summed E-state index contributed by atoms with van der Waals surface area (Å²) in [6.07, 6.45) is 4.46. The molecule has 0 spiro atoms. The summed E-state index contributed by atoms with van der Waals surface area (Å²) in [5.74, 6) is 2.15. The Morgan fingerprint density at radius 3 is 3.00 bits per heavy atom. The number of nitrogens with one attached hydrogen (secondary N) is 1. The zero-order valence-electron chi connectivity index (χ0n) is 8.79. The SMILES string of the molecule is Nc1nc(C2CCNC2)nc2c1CCC2. The Morgan fingerprint density at radius 1 is 1.27 bits per heavy atom. The smallest absolute Gasteiger partial charge is 0.135 e. The van der Waals surface area contributed by atoms with Crippen molar-refractivity contribution in [3.8, 4) is 0 Å². The molecule has 0 saturated carbocycles. The van der Waals surface area contributed by atoms with Gasteiger partial charge in [0.2, 0.25) is 0 Å². The lowest BCUT2D eigenvalue weighted by atomic mass is 10.1. The van der Waals surface area contributed by atoms with E-state index in [1.54, 1.807) is 0 Å². The van der Waals surface area contributed by atoms with Crippen molar-refractivity contribution in [1.82, 2.24) is 15.3 Å². The lowest BCUT2D eigenvalue weighted by molar-refractivity contribution is 0.696. The fourth-order valence-corrected chi connectivity index (χ4v) is 2.54. The molecule has 1 aliphatic heterocycles. The first kappa shape index (κ1) is 9.09. The van der Waals surface area contributed by atoms with E-state index in [-0.39, 0.29) is 0 Å². The maximum absolute atomic E-state index is 5.97. The van der Waals surface area contributed by atoms with Gasteiger partial charge in [-0.05, 0) is 32.2 Å². The molecule has 1 aliphatic carbocycles. The van der Waals surface area contributed by atoms with Gasteiger partial charge in [0.25, 0.3) is 0 Å². The highest BCUT2D eigenvalue weighted by Gasteiger charge is 2.23. The van der Waals surface area contributed by atoms with E-state index in [0.29, 0.717) is 5.92 Å². The van der Waals surface area contributed by atoms with Gasteiger partial charge in [0.05, 0.1) is 0 Å². The third-order valence-corrected chi connectivity index (χ3v) is 3.41. The van der Waals surface area contributed by atoms with Gasteiger partial charge in [0, 0.05) is 23.7 Å². The first-order chi connectivity index (χ1) is 7.34. The normalized spacial score (nSPS) is 24.4. The van der Waals surface area contributed by atoms with Gasteiger partial charge < -0.3 is 11.1 Å². The van der Waals surface area contributed by atoms with Gasteiger partial charge in [-0.2, -0.15) is 0 Å². The molecule has 0 aromatic carbocycles. The van der Waals surface area contributed by atoms with Crippen LogP contribution in [0.25, 0.3) is 0 Å². The van der Waals surface area contributed by atoms with E-state index in [9.17, 15) is 0 Å². The molecule has 2 heterocycles. The van der Waals surface area contributed by atoms with Gasteiger partial charge in [-0.1, -0.05) is 0 Å². The predicted octanol–water partition coefficient (Wildman–Crippen LogP) is 0.624. The Labute approximate surface area is 89.3 Å². The average molecular weight is 204 g/mol. The summed E-state index contributed by atoms with van der Waals surface area (Å²) in [4.78, 5) is 9.12. The third-order valence-electron chi connectivity index (χ3n) is 3.41. The summed E-state index contributed by atoms with van der Waals surface area (Å²) in [7, 11) is 0. The summed E-state index contributed by atoms with van der Waals surface area (Å²) in [6, 6.07) is 0. The van der Waals surface area contributed by atoms with Gasteiger partial charge in [-0.3, -0.25) is 0 Å². The van der Waals surface area contributed by atoms with Crippen LogP contribution in [-0.4, -0.2) is 23.1 Å². The van der Waals surface area contributed by atoms with Crippen LogP contribution in [0.15, 0.2) is 0 Å². The number of anilines is 1. The number of nitrogen functional groups attached to an aromatic ring is 1. The second kappa shape index (κ2) is 3.45. The van der Waals surface area contributed by atoms with Gasteiger partial charge >= 0.3 is 0 Å². The summed E-state index contributed by atoms with van der Waals surface area (Å²) in [6.45, 7) is 2.07. The molecule has 2 aliphatic rings. The molecule has 0 amide bonds. The standard InChI is InChI=1S/C11H16N4/c12-10-8-2-1-3-9(8)14-11(15-10)7-4-5-13-6-7/h7,13H,1-6H2,(H2,12,14,15). The summed E-state index contributed by atoms with van der Waals surface area (Å²) in [5, 5.41) is 3.34. The minimum atomic E-state index is 0.471. The first-order valence-electron chi connectivity index (χ1n) is 5.70. The number of hydrogen-bond acceptors (Lipinski definition) is 4. The number of aryl methyl sites for hydroxylation is 1.